The standard InChI is InChI=1S/C18H25NO/c1-12(2)14-5-7-17(8-6-14)19-18(20)11-16-10-13-3-4-15(16)9-13/h5-8,12-13,15-16H,3-4,9-11H2,1-2H3,(H,19,20)/t13-,15-,16-/m1/s1. The van der Waals surface area contributed by atoms with Crippen LogP contribution < -0.4 is 5.32 Å². The molecular weight excluding hydrogens is 246 g/mol. The first kappa shape index (κ1) is 13.7. The van der Waals surface area contributed by atoms with Gasteiger partial charge in [0, 0.05) is 12.1 Å². The minimum atomic E-state index is 0.194. The number of anilines is 1. The Morgan fingerprint density at radius 1 is 1.20 bits per heavy atom. The molecule has 0 radical (unpaired) electrons. The van der Waals surface area contributed by atoms with E-state index in [4.69, 9.17) is 0 Å². The van der Waals surface area contributed by atoms with E-state index in [1.54, 1.807) is 0 Å². The van der Waals surface area contributed by atoms with Gasteiger partial charge in [0.2, 0.25) is 5.91 Å². The van der Waals surface area contributed by atoms with Crippen LogP contribution in [0.25, 0.3) is 0 Å². The van der Waals surface area contributed by atoms with Gasteiger partial charge in [-0.05, 0) is 60.6 Å². The average Bonchev–Trinajstić information content (AvgIpc) is 3.01. The number of fused-ring (bicyclic) bond motifs is 2. The van der Waals surface area contributed by atoms with Crippen LogP contribution in [0.4, 0.5) is 5.69 Å². The lowest BCUT2D eigenvalue weighted by Gasteiger charge is -2.20. The highest BCUT2D eigenvalue weighted by atomic mass is 16.1. The smallest absolute Gasteiger partial charge is 0.224 e. The largest absolute Gasteiger partial charge is 0.326 e. The molecule has 3 rings (SSSR count). The van der Waals surface area contributed by atoms with Crippen molar-refractivity contribution < 1.29 is 4.79 Å². The third-order valence-corrected chi connectivity index (χ3v) is 5.19. The highest BCUT2D eigenvalue weighted by Crippen LogP contribution is 2.49. The van der Waals surface area contributed by atoms with Crippen LogP contribution in [-0.4, -0.2) is 5.91 Å². The molecule has 0 spiro atoms. The predicted molar refractivity (Wildman–Crippen MR) is 82.7 cm³/mol. The molecule has 20 heavy (non-hydrogen) atoms. The molecule has 2 bridgehead atoms. The molecule has 108 valence electrons. The van der Waals surface area contributed by atoms with E-state index in [-0.39, 0.29) is 5.91 Å². The molecule has 2 nitrogen and oxygen atoms in total. The molecule has 0 aromatic heterocycles. The lowest BCUT2D eigenvalue weighted by atomic mass is 9.86. The molecule has 1 aromatic carbocycles. The van der Waals surface area contributed by atoms with Gasteiger partial charge < -0.3 is 5.32 Å². The highest BCUT2D eigenvalue weighted by Gasteiger charge is 2.40. The van der Waals surface area contributed by atoms with Crippen molar-refractivity contribution in [2.24, 2.45) is 17.8 Å². The van der Waals surface area contributed by atoms with E-state index in [0.717, 1.165) is 17.5 Å². The van der Waals surface area contributed by atoms with Crippen LogP contribution in [0, 0.1) is 17.8 Å². The van der Waals surface area contributed by atoms with Gasteiger partial charge in [0.25, 0.3) is 0 Å². The summed E-state index contributed by atoms with van der Waals surface area (Å²) in [6, 6.07) is 8.26. The Morgan fingerprint density at radius 2 is 1.95 bits per heavy atom. The van der Waals surface area contributed by atoms with E-state index in [9.17, 15) is 4.79 Å². The Hall–Kier alpha value is -1.31. The van der Waals surface area contributed by atoms with Crippen molar-refractivity contribution >= 4 is 11.6 Å². The Labute approximate surface area is 122 Å². The van der Waals surface area contributed by atoms with Gasteiger partial charge >= 0.3 is 0 Å². The second-order valence-electron chi connectivity index (χ2n) is 6.96. The molecule has 0 heterocycles. The summed E-state index contributed by atoms with van der Waals surface area (Å²) in [6.45, 7) is 4.37. The van der Waals surface area contributed by atoms with Crippen molar-refractivity contribution in [3.63, 3.8) is 0 Å². The van der Waals surface area contributed by atoms with Gasteiger partial charge in [0.05, 0.1) is 0 Å². The molecule has 3 atom stereocenters. The fourth-order valence-corrected chi connectivity index (χ4v) is 4.03. The first-order chi connectivity index (χ1) is 9.61. The highest BCUT2D eigenvalue weighted by molar-refractivity contribution is 5.90. The molecule has 2 heteroatoms. The minimum Gasteiger partial charge on any atom is -0.326 e. The summed E-state index contributed by atoms with van der Waals surface area (Å²) in [4.78, 5) is 12.2. The molecule has 1 amide bonds. The van der Waals surface area contributed by atoms with Gasteiger partial charge in [0.1, 0.15) is 0 Å². The van der Waals surface area contributed by atoms with Crippen LogP contribution in [0.1, 0.15) is 57.4 Å². The van der Waals surface area contributed by atoms with Crippen LogP contribution in [0.2, 0.25) is 0 Å². The molecule has 1 N–H and O–H groups in total. The van der Waals surface area contributed by atoms with Crippen LogP contribution in [0.15, 0.2) is 24.3 Å². The first-order valence-corrected chi connectivity index (χ1v) is 8.01. The van der Waals surface area contributed by atoms with Crippen LogP contribution >= 0.6 is 0 Å². The number of amides is 1. The molecule has 0 aliphatic heterocycles. The van der Waals surface area contributed by atoms with Crippen molar-refractivity contribution in [1.82, 2.24) is 0 Å². The van der Waals surface area contributed by atoms with E-state index in [2.05, 4.69) is 31.3 Å². The lowest BCUT2D eigenvalue weighted by molar-refractivity contribution is -0.117. The summed E-state index contributed by atoms with van der Waals surface area (Å²) in [7, 11) is 0. The summed E-state index contributed by atoms with van der Waals surface area (Å²) >= 11 is 0. The molecule has 2 aliphatic rings. The van der Waals surface area contributed by atoms with Gasteiger partial charge in [-0.2, -0.15) is 0 Å². The zero-order valence-electron chi connectivity index (χ0n) is 12.6. The normalized spacial score (nSPS) is 28.1. The molecule has 2 fully saturated rings. The monoisotopic (exact) mass is 271 g/mol. The van der Waals surface area contributed by atoms with E-state index < -0.39 is 0 Å². The quantitative estimate of drug-likeness (QED) is 0.853. The van der Waals surface area contributed by atoms with Crippen molar-refractivity contribution in [1.29, 1.82) is 0 Å². The van der Waals surface area contributed by atoms with Crippen molar-refractivity contribution in [2.75, 3.05) is 5.32 Å². The maximum atomic E-state index is 12.2. The summed E-state index contributed by atoms with van der Waals surface area (Å²) < 4.78 is 0. The van der Waals surface area contributed by atoms with E-state index >= 15 is 0 Å². The fourth-order valence-electron chi connectivity index (χ4n) is 4.03. The number of hydrogen-bond donors (Lipinski definition) is 1. The van der Waals surface area contributed by atoms with Crippen LogP contribution in [0.5, 0.6) is 0 Å². The number of carbonyl (C=O) groups excluding carboxylic acids is 1. The lowest BCUT2D eigenvalue weighted by Crippen LogP contribution is -2.20. The maximum Gasteiger partial charge on any atom is 0.224 e. The topological polar surface area (TPSA) is 29.1 Å². The summed E-state index contributed by atoms with van der Waals surface area (Å²) in [5.74, 6) is 3.12. The fraction of sp³-hybridized carbons (Fsp3) is 0.611. The average molecular weight is 271 g/mol. The van der Waals surface area contributed by atoms with E-state index in [1.807, 2.05) is 12.1 Å². The predicted octanol–water partition coefficient (Wildman–Crippen LogP) is 4.57. The summed E-state index contributed by atoms with van der Waals surface area (Å²) in [5.41, 5.74) is 2.25. The Bertz CT molecular complexity index is 477. The number of carbonyl (C=O) groups is 1. The van der Waals surface area contributed by atoms with Crippen molar-refractivity contribution in [3.8, 4) is 0 Å². The van der Waals surface area contributed by atoms with Gasteiger partial charge in [-0.25, -0.2) is 0 Å². The second-order valence-corrected chi connectivity index (χ2v) is 6.96. The molecule has 0 saturated heterocycles. The number of nitrogens with one attached hydrogen (secondary N) is 1. The summed E-state index contributed by atoms with van der Waals surface area (Å²) in [6.07, 6.45) is 6.13. The number of benzene rings is 1. The second kappa shape index (κ2) is 5.59. The molecule has 0 unspecified atom stereocenters. The van der Waals surface area contributed by atoms with Gasteiger partial charge in [0.15, 0.2) is 0 Å². The molecular formula is C18H25NO. The Balaban J connectivity index is 1.53. The third-order valence-electron chi connectivity index (χ3n) is 5.19. The van der Waals surface area contributed by atoms with E-state index in [0.29, 0.717) is 18.3 Å². The molecule has 2 saturated carbocycles. The van der Waals surface area contributed by atoms with Crippen molar-refractivity contribution in [3.05, 3.63) is 29.8 Å². The molecule has 2 aliphatic carbocycles. The minimum absolute atomic E-state index is 0.194. The SMILES string of the molecule is CC(C)c1ccc(NC(=O)C[C@H]2C[C@@H]3CC[C@@H]2C3)cc1. The van der Waals surface area contributed by atoms with Crippen LogP contribution in [-0.2, 0) is 4.79 Å². The van der Waals surface area contributed by atoms with Gasteiger partial charge in [-0.3, -0.25) is 4.79 Å². The number of rotatable bonds is 4. The van der Waals surface area contributed by atoms with Crippen LogP contribution in [0.3, 0.4) is 0 Å². The Kier molecular flexibility index (Phi) is 3.82. The first-order valence-electron chi connectivity index (χ1n) is 8.01. The van der Waals surface area contributed by atoms with Gasteiger partial charge in [-0.1, -0.05) is 32.4 Å². The zero-order chi connectivity index (χ0) is 14.1. The maximum absolute atomic E-state index is 12.2. The third kappa shape index (κ3) is 2.89. The van der Waals surface area contributed by atoms with Crippen molar-refractivity contribution in [2.45, 2.75) is 51.9 Å². The molecule has 1 aromatic rings. The van der Waals surface area contributed by atoms with Gasteiger partial charge in [-0.15, -0.1) is 0 Å². The van der Waals surface area contributed by atoms with E-state index in [1.165, 1.54) is 31.2 Å². The zero-order valence-corrected chi connectivity index (χ0v) is 12.6. The Morgan fingerprint density at radius 3 is 2.50 bits per heavy atom. The summed E-state index contributed by atoms with van der Waals surface area (Å²) in [5, 5.41) is 3.06. The number of hydrogen-bond acceptors (Lipinski definition) is 1.